The first-order valence-corrected chi connectivity index (χ1v) is 9.73. The number of benzene rings is 1. The molecular formula is C22H25N5O. The first-order chi connectivity index (χ1) is 13.7. The average molecular weight is 375 g/mol. The quantitative estimate of drug-likeness (QED) is 0.704. The summed E-state index contributed by atoms with van der Waals surface area (Å²) in [5, 5.41) is 4.49. The molecule has 0 unspecified atom stereocenters. The van der Waals surface area contributed by atoms with E-state index in [1.807, 2.05) is 47.0 Å². The predicted molar refractivity (Wildman–Crippen MR) is 108 cm³/mol. The zero-order valence-electron chi connectivity index (χ0n) is 16.2. The zero-order valence-corrected chi connectivity index (χ0v) is 16.2. The molecule has 4 rings (SSSR count). The number of amides is 1. The Morgan fingerprint density at radius 1 is 1.00 bits per heavy atom. The van der Waals surface area contributed by atoms with Gasteiger partial charge in [-0.1, -0.05) is 18.2 Å². The molecule has 28 heavy (non-hydrogen) atoms. The minimum Gasteiger partial charge on any atom is -0.337 e. The molecule has 1 saturated heterocycles. The standard InChI is InChI=1S/C22H25N5O/c1-18-8-10-23-16-21(18)22(28)26-13-5-12-25(14-15-26)17-20-9-11-24-27(20)19-6-3-2-4-7-19/h2-4,6-11,16H,5,12-15,17H2,1H3. The molecule has 144 valence electrons. The van der Waals surface area contributed by atoms with E-state index in [1.165, 1.54) is 0 Å². The molecule has 6 heteroatoms. The smallest absolute Gasteiger partial charge is 0.255 e. The highest BCUT2D eigenvalue weighted by atomic mass is 16.2. The van der Waals surface area contributed by atoms with Crippen molar-refractivity contribution >= 4 is 5.91 Å². The fraction of sp³-hybridized carbons (Fsp3) is 0.318. The normalized spacial score (nSPS) is 15.4. The van der Waals surface area contributed by atoms with Crippen molar-refractivity contribution < 1.29 is 4.79 Å². The monoisotopic (exact) mass is 375 g/mol. The molecule has 1 aliphatic rings. The number of rotatable bonds is 4. The molecule has 1 aliphatic heterocycles. The van der Waals surface area contributed by atoms with Crippen LogP contribution >= 0.6 is 0 Å². The summed E-state index contributed by atoms with van der Waals surface area (Å²) in [5.74, 6) is 0.0850. The van der Waals surface area contributed by atoms with Crippen LogP contribution in [-0.4, -0.2) is 56.7 Å². The SMILES string of the molecule is Cc1ccncc1C(=O)N1CCCN(Cc2ccnn2-c2ccccc2)CC1. The van der Waals surface area contributed by atoms with Gasteiger partial charge in [-0.05, 0) is 43.2 Å². The van der Waals surface area contributed by atoms with Crippen molar-refractivity contribution in [2.75, 3.05) is 26.2 Å². The van der Waals surface area contributed by atoms with E-state index in [1.54, 1.807) is 12.4 Å². The highest BCUT2D eigenvalue weighted by Crippen LogP contribution is 2.15. The van der Waals surface area contributed by atoms with Crippen molar-refractivity contribution in [2.24, 2.45) is 0 Å². The van der Waals surface area contributed by atoms with E-state index in [0.717, 1.165) is 56.1 Å². The van der Waals surface area contributed by atoms with Crippen LogP contribution in [0.25, 0.3) is 5.69 Å². The van der Waals surface area contributed by atoms with Crippen LogP contribution in [0.1, 0.15) is 28.0 Å². The fourth-order valence-corrected chi connectivity index (χ4v) is 3.67. The first kappa shape index (κ1) is 18.4. The minimum absolute atomic E-state index is 0.0850. The second-order valence-electron chi connectivity index (χ2n) is 7.18. The summed E-state index contributed by atoms with van der Waals surface area (Å²) in [4.78, 5) is 21.4. The Bertz CT molecular complexity index is 937. The van der Waals surface area contributed by atoms with Gasteiger partial charge in [0, 0.05) is 51.3 Å². The van der Waals surface area contributed by atoms with Crippen LogP contribution in [0.2, 0.25) is 0 Å². The third kappa shape index (κ3) is 3.97. The molecule has 1 fully saturated rings. The summed E-state index contributed by atoms with van der Waals surface area (Å²) >= 11 is 0. The van der Waals surface area contributed by atoms with Gasteiger partial charge < -0.3 is 4.90 Å². The van der Waals surface area contributed by atoms with E-state index in [2.05, 4.69) is 33.2 Å². The van der Waals surface area contributed by atoms with Crippen LogP contribution in [0.5, 0.6) is 0 Å². The van der Waals surface area contributed by atoms with Gasteiger partial charge in [0.05, 0.1) is 16.9 Å². The lowest BCUT2D eigenvalue weighted by Gasteiger charge is -2.22. The molecule has 1 aromatic carbocycles. The topological polar surface area (TPSA) is 54.3 Å². The number of pyridine rings is 1. The fourth-order valence-electron chi connectivity index (χ4n) is 3.67. The molecule has 0 saturated carbocycles. The average Bonchev–Trinajstić information content (AvgIpc) is 3.06. The van der Waals surface area contributed by atoms with E-state index < -0.39 is 0 Å². The predicted octanol–water partition coefficient (Wildman–Crippen LogP) is 2.92. The van der Waals surface area contributed by atoms with Gasteiger partial charge in [-0.3, -0.25) is 14.7 Å². The molecule has 0 spiro atoms. The summed E-state index contributed by atoms with van der Waals surface area (Å²) in [6, 6.07) is 14.2. The van der Waals surface area contributed by atoms with E-state index in [-0.39, 0.29) is 5.91 Å². The van der Waals surface area contributed by atoms with Crippen molar-refractivity contribution in [1.82, 2.24) is 24.6 Å². The second kappa shape index (κ2) is 8.35. The molecule has 3 heterocycles. The molecule has 0 bridgehead atoms. The lowest BCUT2D eigenvalue weighted by molar-refractivity contribution is 0.0760. The maximum absolute atomic E-state index is 12.9. The van der Waals surface area contributed by atoms with Crippen molar-refractivity contribution in [3.05, 3.63) is 77.9 Å². The van der Waals surface area contributed by atoms with Crippen molar-refractivity contribution in [3.8, 4) is 5.69 Å². The number of carbonyl (C=O) groups is 1. The third-order valence-corrected chi connectivity index (χ3v) is 5.25. The molecule has 6 nitrogen and oxygen atoms in total. The number of para-hydroxylation sites is 1. The summed E-state index contributed by atoms with van der Waals surface area (Å²) in [5.41, 5.74) is 3.92. The molecule has 1 amide bonds. The summed E-state index contributed by atoms with van der Waals surface area (Å²) < 4.78 is 1.99. The van der Waals surface area contributed by atoms with Gasteiger partial charge in [-0.15, -0.1) is 0 Å². The molecule has 0 atom stereocenters. The number of aryl methyl sites for hydroxylation is 1. The number of carbonyl (C=O) groups excluding carboxylic acids is 1. The number of nitrogens with zero attached hydrogens (tertiary/aromatic N) is 5. The lowest BCUT2D eigenvalue weighted by atomic mass is 10.1. The summed E-state index contributed by atoms with van der Waals surface area (Å²) in [7, 11) is 0. The maximum Gasteiger partial charge on any atom is 0.255 e. The van der Waals surface area contributed by atoms with Gasteiger partial charge in [0.25, 0.3) is 5.91 Å². The van der Waals surface area contributed by atoms with Gasteiger partial charge in [-0.25, -0.2) is 4.68 Å². The molecular weight excluding hydrogens is 350 g/mol. The van der Waals surface area contributed by atoms with Gasteiger partial charge in [0.1, 0.15) is 0 Å². The van der Waals surface area contributed by atoms with Gasteiger partial charge in [-0.2, -0.15) is 5.10 Å². The Hall–Kier alpha value is -2.99. The van der Waals surface area contributed by atoms with Crippen molar-refractivity contribution in [1.29, 1.82) is 0 Å². The largest absolute Gasteiger partial charge is 0.337 e. The van der Waals surface area contributed by atoms with Crippen LogP contribution in [-0.2, 0) is 6.54 Å². The van der Waals surface area contributed by atoms with Gasteiger partial charge >= 0.3 is 0 Å². The summed E-state index contributed by atoms with van der Waals surface area (Å²) in [6.45, 7) is 6.11. The van der Waals surface area contributed by atoms with Crippen LogP contribution in [0, 0.1) is 6.92 Å². The van der Waals surface area contributed by atoms with E-state index in [9.17, 15) is 4.79 Å². The highest BCUT2D eigenvalue weighted by Gasteiger charge is 2.22. The Balaban J connectivity index is 1.42. The molecule has 2 aromatic heterocycles. The first-order valence-electron chi connectivity index (χ1n) is 9.73. The zero-order chi connectivity index (χ0) is 19.3. The van der Waals surface area contributed by atoms with Crippen LogP contribution < -0.4 is 0 Å². The number of hydrogen-bond donors (Lipinski definition) is 0. The van der Waals surface area contributed by atoms with Crippen LogP contribution in [0.15, 0.2) is 61.1 Å². The van der Waals surface area contributed by atoms with E-state index in [4.69, 9.17) is 0 Å². The van der Waals surface area contributed by atoms with E-state index in [0.29, 0.717) is 5.56 Å². The molecule has 0 N–H and O–H groups in total. The Morgan fingerprint density at radius 2 is 1.86 bits per heavy atom. The number of aromatic nitrogens is 3. The van der Waals surface area contributed by atoms with Gasteiger partial charge in [0.2, 0.25) is 0 Å². The Labute approximate surface area is 165 Å². The lowest BCUT2D eigenvalue weighted by Crippen LogP contribution is -2.35. The highest BCUT2D eigenvalue weighted by molar-refractivity contribution is 5.95. The molecule has 0 aliphatic carbocycles. The summed E-state index contributed by atoms with van der Waals surface area (Å²) in [6.07, 6.45) is 6.22. The Kier molecular flexibility index (Phi) is 5.48. The third-order valence-electron chi connectivity index (χ3n) is 5.25. The number of hydrogen-bond acceptors (Lipinski definition) is 4. The molecule has 0 radical (unpaired) electrons. The Morgan fingerprint density at radius 3 is 2.68 bits per heavy atom. The second-order valence-corrected chi connectivity index (χ2v) is 7.18. The van der Waals surface area contributed by atoms with Crippen LogP contribution in [0.3, 0.4) is 0 Å². The van der Waals surface area contributed by atoms with Gasteiger partial charge in [0.15, 0.2) is 0 Å². The van der Waals surface area contributed by atoms with Crippen molar-refractivity contribution in [3.63, 3.8) is 0 Å². The van der Waals surface area contributed by atoms with Crippen molar-refractivity contribution in [2.45, 2.75) is 19.9 Å². The van der Waals surface area contributed by atoms with Crippen LogP contribution in [0.4, 0.5) is 0 Å². The van der Waals surface area contributed by atoms with E-state index >= 15 is 0 Å². The maximum atomic E-state index is 12.9. The minimum atomic E-state index is 0.0850. The molecule has 3 aromatic rings.